The number of hydrogen-bond donors (Lipinski definition) is 1. The summed E-state index contributed by atoms with van der Waals surface area (Å²) in [6.07, 6.45) is 0. The number of benzene rings is 1. The van der Waals surface area contributed by atoms with Gasteiger partial charge in [-0.15, -0.1) is 0 Å². The van der Waals surface area contributed by atoms with E-state index in [4.69, 9.17) is 10.5 Å². The van der Waals surface area contributed by atoms with Crippen LogP contribution in [0.2, 0.25) is 0 Å². The summed E-state index contributed by atoms with van der Waals surface area (Å²) >= 11 is 0. The monoisotopic (exact) mass is 160 g/mol. The van der Waals surface area contributed by atoms with Crippen LogP contribution in [0.15, 0.2) is 29.4 Å². The van der Waals surface area contributed by atoms with E-state index in [1.165, 1.54) is 0 Å². The summed E-state index contributed by atoms with van der Waals surface area (Å²) in [6, 6.07) is 8.87. The first-order valence-electron chi connectivity index (χ1n) is 3.47. The molecule has 0 aliphatic heterocycles. The molecule has 0 unspecified atom stereocenters. The van der Waals surface area contributed by atoms with Gasteiger partial charge in [0.25, 0.3) is 0 Å². The molecule has 0 aromatic heterocycles. The van der Waals surface area contributed by atoms with Crippen molar-refractivity contribution in [3.05, 3.63) is 35.4 Å². The SMILES string of the molecule is CC(=NO)c1ccc(C#N)cc1. The summed E-state index contributed by atoms with van der Waals surface area (Å²) in [5.74, 6) is 0. The van der Waals surface area contributed by atoms with Crippen LogP contribution < -0.4 is 0 Å². The molecule has 0 aliphatic rings. The van der Waals surface area contributed by atoms with E-state index in [2.05, 4.69) is 5.16 Å². The summed E-state index contributed by atoms with van der Waals surface area (Å²) in [4.78, 5) is 0. The van der Waals surface area contributed by atoms with Crippen LogP contribution in [0.1, 0.15) is 18.1 Å². The number of nitrogens with zero attached hydrogens (tertiary/aromatic N) is 2. The average molecular weight is 160 g/mol. The minimum atomic E-state index is 0.541. The Hall–Kier alpha value is -1.82. The van der Waals surface area contributed by atoms with Crippen molar-refractivity contribution in [3.8, 4) is 6.07 Å². The van der Waals surface area contributed by atoms with E-state index in [-0.39, 0.29) is 0 Å². The summed E-state index contributed by atoms with van der Waals surface area (Å²) in [5, 5.41) is 20.0. The largest absolute Gasteiger partial charge is 0.411 e. The lowest BCUT2D eigenvalue weighted by molar-refractivity contribution is 0.319. The van der Waals surface area contributed by atoms with Gasteiger partial charge in [0.05, 0.1) is 17.3 Å². The molecule has 0 amide bonds. The smallest absolute Gasteiger partial charge is 0.0991 e. The van der Waals surface area contributed by atoms with Crippen molar-refractivity contribution in [3.63, 3.8) is 0 Å². The summed E-state index contributed by atoms with van der Waals surface area (Å²) < 4.78 is 0. The topological polar surface area (TPSA) is 56.4 Å². The number of hydrogen-bond acceptors (Lipinski definition) is 3. The second-order valence-electron chi connectivity index (χ2n) is 2.37. The molecule has 3 heteroatoms. The van der Waals surface area contributed by atoms with Gasteiger partial charge in [-0.2, -0.15) is 5.26 Å². The summed E-state index contributed by atoms with van der Waals surface area (Å²) in [7, 11) is 0. The quantitative estimate of drug-likeness (QED) is 0.386. The number of rotatable bonds is 1. The van der Waals surface area contributed by atoms with Crippen LogP contribution in [0.3, 0.4) is 0 Å². The van der Waals surface area contributed by atoms with Crippen LogP contribution in [-0.4, -0.2) is 10.9 Å². The zero-order chi connectivity index (χ0) is 8.97. The first-order valence-corrected chi connectivity index (χ1v) is 3.47. The van der Waals surface area contributed by atoms with Gasteiger partial charge in [0.15, 0.2) is 0 Å². The third-order valence-electron chi connectivity index (χ3n) is 1.58. The summed E-state index contributed by atoms with van der Waals surface area (Å²) in [6.45, 7) is 1.70. The minimum Gasteiger partial charge on any atom is -0.411 e. The van der Waals surface area contributed by atoms with E-state index >= 15 is 0 Å². The van der Waals surface area contributed by atoms with Crippen molar-refractivity contribution < 1.29 is 5.21 Å². The molecule has 1 aromatic carbocycles. The molecular formula is C9H8N2O. The van der Waals surface area contributed by atoms with Crippen LogP contribution in [-0.2, 0) is 0 Å². The van der Waals surface area contributed by atoms with E-state index in [9.17, 15) is 0 Å². The number of oxime groups is 1. The Morgan fingerprint density at radius 1 is 1.42 bits per heavy atom. The van der Waals surface area contributed by atoms with Gasteiger partial charge in [0.2, 0.25) is 0 Å². The molecule has 0 aliphatic carbocycles. The Balaban J connectivity index is 3.02. The lowest BCUT2D eigenvalue weighted by Crippen LogP contribution is -1.93. The zero-order valence-corrected chi connectivity index (χ0v) is 6.65. The van der Waals surface area contributed by atoms with Crippen molar-refractivity contribution in [2.45, 2.75) is 6.92 Å². The van der Waals surface area contributed by atoms with Gasteiger partial charge in [-0.3, -0.25) is 0 Å². The molecule has 0 spiro atoms. The maximum absolute atomic E-state index is 8.49. The van der Waals surface area contributed by atoms with Crippen LogP contribution in [0.25, 0.3) is 0 Å². The minimum absolute atomic E-state index is 0.541. The van der Waals surface area contributed by atoms with Gasteiger partial charge in [-0.1, -0.05) is 17.3 Å². The molecule has 60 valence electrons. The normalized spacial score (nSPS) is 10.8. The first-order chi connectivity index (χ1) is 5.77. The van der Waals surface area contributed by atoms with Crippen LogP contribution in [0, 0.1) is 11.3 Å². The van der Waals surface area contributed by atoms with Gasteiger partial charge in [0.1, 0.15) is 0 Å². The molecule has 3 nitrogen and oxygen atoms in total. The third-order valence-corrected chi connectivity index (χ3v) is 1.58. The second-order valence-corrected chi connectivity index (χ2v) is 2.37. The fraction of sp³-hybridized carbons (Fsp3) is 0.111. The van der Waals surface area contributed by atoms with Crippen molar-refractivity contribution in [2.75, 3.05) is 0 Å². The molecule has 1 rings (SSSR count). The van der Waals surface area contributed by atoms with Gasteiger partial charge < -0.3 is 5.21 Å². The average Bonchev–Trinajstić information content (AvgIpc) is 2.17. The van der Waals surface area contributed by atoms with E-state index in [0.717, 1.165) is 5.56 Å². The van der Waals surface area contributed by atoms with E-state index < -0.39 is 0 Å². The third kappa shape index (κ3) is 1.61. The Kier molecular flexibility index (Phi) is 2.44. The van der Waals surface area contributed by atoms with Gasteiger partial charge in [-0.05, 0) is 24.6 Å². The van der Waals surface area contributed by atoms with E-state index in [0.29, 0.717) is 11.3 Å². The lowest BCUT2D eigenvalue weighted by atomic mass is 10.1. The molecule has 0 radical (unpaired) electrons. The standard InChI is InChI=1S/C9H8N2O/c1-7(11-12)9-4-2-8(6-10)3-5-9/h2-5,12H,1H3. The fourth-order valence-electron chi connectivity index (χ4n) is 0.844. The van der Waals surface area contributed by atoms with Crippen LogP contribution >= 0.6 is 0 Å². The Labute approximate surface area is 70.6 Å². The Morgan fingerprint density at radius 2 is 2.00 bits per heavy atom. The van der Waals surface area contributed by atoms with Gasteiger partial charge in [0, 0.05) is 0 Å². The molecular weight excluding hydrogens is 152 g/mol. The molecule has 1 N–H and O–H groups in total. The zero-order valence-electron chi connectivity index (χ0n) is 6.65. The molecule has 0 saturated heterocycles. The Morgan fingerprint density at radius 3 is 2.42 bits per heavy atom. The lowest BCUT2D eigenvalue weighted by Gasteiger charge is -1.96. The molecule has 1 aromatic rings. The van der Waals surface area contributed by atoms with Crippen LogP contribution in [0.4, 0.5) is 0 Å². The van der Waals surface area contributed by atoms with Crippen molar-refractivity contribution in [1.82, 2.24) is 0 Å². The molecule has 0 bridgehead atoms. The maximum atomic E-state index is 8.49. The van der Waals surface area contributed by atoms with Gasteiger partial charge >= 0.3 is 0 Å². The molecule has 0 heterocycles. The van der Waals surface area contributed by atoms with Crippen LogP contribution in [0.5, 0.6) is 0 Å². The highest BCUT2D eigenvalue weighted by Crippen LogP contribution is 2.04. The van der Waals surface area contributed by atoms with Crippen molar-refractivity contribution in [1.29, 1.82) is 5.26 Å². The van der Waals surface area contributed by atoms with Crippen molar-refractivity contribution in [2.24, 2.45) is 5.16 Å². The highest BCUT2D eigenvalue weighted by atomic mass is 16.4. The highest BCUT2D eigenvalue weighted by Gasteiger charge is 1.96. The molecule has 0 saturated carbocycles. The highest BCUT2D eigenvalue weighted by molar-refractivity contribution is 5.98. The maximum Gasteiger partial charge on any atom is 0.0991 e. The predicted molar refractivity (Wildman–Crippen MR) is 45.2 cm³/mol. The second kappa shape index (κ2) is 3.54. The summed E-state index contributed by atoms with van der Waals surface area (Å²) in [5.41, 5.74) is 1.96. The van der Waals surface area contributed by atoms with E-state index in [1.807, 2.05) is 6.07 Å². The number of nitriles is 1. The molecule has 0 atom stereocenters. The van der Waals surface area contributed by atoms with Gasteiger partial charge in [-0.25, -0.2) is 0 Å². The van der Waals surface area contributed by atoms with Crippen molar-refractivity contribution >= 4 is 5.71 Å². The molecule has 12 heavy (non-hydrogen) atoms. The van der Waals surface area contributed by atoms with E-state index in [1.54, 1.807) is 31.2 Å². The predicted octanol–water partition coefficient (Wildman–Crippen LogP) is 1.76. The first kappa shape index (κ1) is 8.28. The molecule has 0 fully saturated rings. The Bertz CT molecular complexity index is 333. The fourth-order valence-corrected chi connectivity index (χ4v) is 0.844.